The van der Waals surface area contributed by atoms with Crippen LogP contribution in [-0.4, -0.2) is 55.0 Å². The molecule has 1 N–H and O–H groups in total. The van der Waals surface area contributed by atoms with E-state index < -0.39 is 0 Å². The van der Waals surface area contributed by atoms with Crippen molar-refractivity contribution in [3.63, 3.8) is 0 Å². The molecular formula is C25H25N5O3. The van der Waals surface area contributed by atoms with Gasteiger partial charge in [0.1, 0.15) is 5.71 Å². The Kier molecular flexibility index (Phi) is 5.75. The predicted octanol–water partition coefficient (Wildman–Crippen LogP) is 3.49. The van der Waals surface area contributed by atoms with E-state index in [4.69, 9.17) is 9.47 Å². The number of methoxy groups -OCH3 is 1. The summed E-state index contributed by atoms with van der Waals surface area (Å²) in [5, 5.41) is 2.89. The molecule has 2 aliphatic heterocycles. The number of benzene rings is 1. The van der Waals surface area contributed by atoms with Gasteiger partial charge in [-0.15, -0.1) is 0 Å². The molecule has 0 aliphatic carbocycles. The second-order valence-electron chi connectivity index (χ2n) is 8.03. The van der Waals surface area contributed by atoms with Crippen LogP contribution in [0.25, 0.3) is 11.1 Å². The predicted molar refractivity (Wildman–Crippen MR) is 127 cm³/mol. The Labute approximate surface area is 192 Å². The number of aliphatic imine (C=N–C) groups is 1. The molecule has 8 heteroatoms. The van der Waals surface area contributed by atoms with Crippen molar-refractivity contribution in [2.75, 3.05) is 43.6 Å². The van der Waals surface area contributed by atoms with E-state index in [1.165, 1.54) is 0 Å². The number of aromatic nitrogens is 2. The summed E-state index contributed by atoms with van der Waals surface area (Å²) in [6.07, 6.45) is 5.30. The fraction of sp³-hybridized carbons (Fsp3) is 0.280. The number of rotatable bonds is 5. The number of carbonyl (C=O) groups excluding carboxylic acids is 1. The third-order valence-corrected chi connectivity index (χ3v) is 5.93. The molecule has 168 valence electrons. The van der Waals surface area contributed by atoms with Crippen LogP contribution in [0.15, 0.2) is 60.0 Å². The lowest BCUT2D eigenvalue weighted by molar-refractivity contribution is -0.110. The Morgan fingerprint density at radius 1 is 1.09 bits per heavy atom. The summed E-state index contributed by atoms with van der Waals surface area (Å²) in [6, 6.07) is 11.7. The number of hydrogen-bond acceptors (Lipinski definition) is 7. The van der Waals surface area contributed by atoms with Crippen LogP contribution in [0.4, 0.5) is 11.4 Å². The van der Waals surface area contributed by atoms with Crippen molar-refractivity contribution >= 4 is 23.0 Å². The molecule has 1 aromatic carbocycles. The van der Waals surface area contributed by atoms with Gasteiger partial charge in [-0.25, -0.2) is 4.98 Å². The largest absolute Gasteiger partial charge is 0.481 e. The highest BCUT2D eigenvalue weighted by molar-refractivity contribution is 6.50. The van der Waals surface area contributed by atoms with Crippen LogP contribution in [0, 0.1) is 0 Å². The topological polar surface area (TPSA) is 88.9 Å². The number of carbonyl (C=O) groups is 1. The van der Waals surface area contributed by atoms with Gasteiger partial charge in [0.2, 0.25) is 5.88 Å². The summed E-state index contributed by atoms with van der Waals surface area (Å²) in [6.45, 7) is 5.14. The smallest absolute Gasteiger partial charge is 0.274 e. The highest BCUT2D eigenvalue weighted by Crippen LogP contribution is 2.34. The van der Waals surface area contributed by atoms with E-state index in [1.54, 1.807) is 25.4 Å². The molecule has 0 spiro atoms. The number of pyridine rings is 2. The van der Waals surface area contributed by atoms with E-state index in [0.29, 0.717) is 17.3 Å². The molecular weight excluding hydrogens is 418 g/mol. The summed E-state index contributed by atoms with van der Waals surface area (Å²) in [5.74, 6) is 0.229. The molecule has 33 heavy (non-hydrogen) atoms. The zero-order chi connectivity index (χ0) is 22.8. The molecule has 0 saturated carbocycles. The maximum absolute atomic E-state index is 13.1. The molecule has 0 bridgehead atoms. The van der Waals surface area contributed by atoms with Crippen molar-refractivity contribution in [1.29, 1.82) is 0 Å². The first kappa shape index (κ1) is 21.1. The van der Waals surface area contributed by atoms with E-state index in [2.05, 4.69) is 43.4 Å². The molecule has 8 nitrogen and oxygen atoms in total. The zero-order valence-corrected chi connectivity index (χ0v) is 18.6. The Balaban J connectivity index is 1.41. The molecule has 0 radical (unpaired) electrons. The summed E-state index contributed by atoms with van der Waals surface area (Å²) in [4.78, 5) is 28.6. The van der Waals surface area contributed by atoms with Gasteiger partial charge < -0.3 is 19.7 Å². The van der Waals surface area contributed by atoms with Gasteiger partial charge in [0.25, 0.3) is 5.91 Å². The maximum Gasteiger partial charge on any atom is 0.274 e. The highest BCUT2D eigenvalue weighted by atomic mass is 16.5. The first-order chi connectivity index (χ1) is 16.1. The van der Waals surface area contributed by atoms with Gasteiger partial charge >= 0.3 is 0 Å². The number of nitrogens with zero attached hydrogens (tertiary/aromatic N) is 4. The SMILES string of the molecule is COc1ccc(NC(=O)C2=N[C@@H](C)c3ccc(-c4cncc(N5CCOCC5)c4)cc32)cn1. The second kappa shape index (κ2) is 8.99. The minimum absolute atomic E-state index is 0.0819. The van der Waals surface area contributed by atoms with Crippen LogP contribution in [0.5, 0.6) is 5.88 Å². The highest BCUT2D eigenvalue weighted by Gasteiger charge is 2.27. The van der Waals surface area contributed by atoms with Crippen molar-refractivity contribution in [1.82, 2.24) is 9.97 Å². The molecule has 4 heterocycles. The second-order valence-corrected chi connectivity index (χ2v) is 8.03. The molecule has 1 atom stereocenters. The van der Waals surface area contributed by atoms with E-state index in [-0.39, 0.29) is 11.9 Å². The monoisotopic (exact) mass is 443 g/mol. The Hall–Kier alpha value is -3.78. The van der Waals surface area contributed by atoms with Gasteiger partial charge in [-0.1, -0.05) is 12.1 Å². The lowest BCUT2D eigenvalue weighted by Crippen LogP contribution is -2.36. The van der Waals surface area contributed by atoms with Crippen molar-refractivity contribution in [3.05, 3.63) is 66.1 Å². The van der Waals surface area contributed by atoms with Gasteiger partial charge in [0.15, 0.2) is 0 Å². The average molecular weight is 444 g/mol. The number of amides is 1. The molecule has 5 rings (SSSR count). The number of nitrogens with one attached hydrogen (secondary N) is 1. The van der Waals surface area contributed by atoms with Gasteiger partial charge in [-0.3, -0.25) is 14.8 Å². The number of fused-ring (bicyclic) bond motifs is 1. The quantitative estimate of drug-likeness (QED) is 0.649. The summed E-state index contributed by atoms with van der Waals surface area (Å²) in [7, 11) is 1.55. The lowest BCUT2D eigenvalue weighted by Gasteiger charge is -2.28. The molecule has 2 aromatic heterocycles. The van der Waals surface area contributed by atoms with E-state index in [1.807, 2.05) is 25.4 Å². The van der Waals surface area contributed by atoms with E-state index in [0.717, 1.165) is 54.2 Å². The van der Waals surface area contributed by atoms with Crippen LogP contribution in [0.3, 0.4) is 0 Å². The number of morpholine rings is 1. The molecule has 3 aromatic rings. The molecule has 1 amide bonds. The molecule has 0 unspecified atom stereocenters. The summed E-state index contributed by atoms with van der Waals surface area (Å²) in [5.41, 5.74) is 5.96. The van der Waals surface area contributed by atoms with Crippen LogP contribution in [-0.2, 0) is 9.53 Å². The van der Waals surface area contributed by atoms with Crippen molar-refractivity contribution < 1.29 is 14.3 Å². The lowest BCUT2D eigenvalue weighted by atomic mass is 9.96. The molecule has 1 saturated heterocycles. The van der Waals surface area contributed by atoms with Crippen LogP contribution >= 0.6 is 0 Å². The van der Waals surface area contributed by atoms with Gasteiger partial charge in [0, 0.05) is 36.5 Å². The van der Waals surface area contributed by atoms with Crippen molar-refractivity contribution in [3.8, 4) is 17.0 Å². The normalized spacial score (nSPS) is 17.3. The Bertz CT molecular complexity index is 1200. The number of anilines is 2. The first-order valence-electron chi connectivity index (χ1n) is 10.9. The first-order valence-corrected chi connectivity index (χ1v) is 10.9. The molecule has 1 fully saturated rings. The molecule has 2 aliphatic rings. The van der Waals surface area contributed by atoms with Crippen LogP contribution in [0.2, 0.25) is 0 Å². The average Bonchev–Trinajstić information content (AvgIpc) is 3.21. The van der Waals surface area contributed by atoms with Gasteiger partial charge in [0.05, 0.1) is 50.1 Å². The van der Waals surface area contributed by atoms with Crippen LogP contribution in [0.1, 0.15) is 24.1 Å². The van der Waals surface area contributed by atoms with Gasteiger partial charge in [-0.05, 0) is 36.2 Å². The van der Waals surface area contributed by atoms with E-state index in [9.17, 15) is 4.79 Å². The van der Waals surface area contributed by atoms with E-state index >= 15 is 0 Å². The number of ether oxygens (including phenoxy) is 2. The summed E-state index contributed by atoms with van der Waals surface area (Å²) >= 11 is 0. The van der Waals surface area contributed by atoms with Crippen molar-refractivity contribution in [2.45, 2.75) is 13.0 Å². The van der Waals surface area contributed by atoms with Gasteiger partial charge in [-0.2, -0.15) is 0 Å². The fourth-order valence-corrected chi connectivity index (χ4v) is 4.16. The zero-order valence-electron chi connectivity index (χ0n) is 18.6. The Morgan fingerprint density at radius 3 is 2.70 bits per heavy atom. The van der Waals surface area contributed by atoms with Crippen LogP contribution < -0.4 is 15.0 Å². The maximum atomic E-state index is 13.1. The fourth-order valence-electron chi connectivity index (χ4n) is 4.16. The minimum Gasteiger partial charge on any atom is -0.481 e. The third kappa shape index (κ3) is 4.29. The summed E-state index contributed by atoms with van der Waals surface area (Å²) < 4.78 is 10.5. The number of hydrogen-bond donors (Lipinski definition) is 1. The standard InChI is InChI=1S/C25H25N5O3/c1-16-21-5-3-17(18-11-20(15-26-13-18)30-7-9-33-10-8-30)12-22(21)24(28-16)25(31)29-19-4-6-23(32-2)27-14-19/h3-6,11-16H,7-10H2,1-2H3,(H,29,31)/t16-/m0/s1. The Morgan fingerprint density at radius 2 is 1.94 bits per heavy atom. The van der Waals surface area contributed by atoms with Crippen molar-refractivity contribution in [2.24, 2.45) is 4.99 Å². The minimum atomic E-state index is -0.259. The third-order valence-electron chi connectivity index (χ3n) is 5.93.